The van der Waals surface area contributed by atoms with Crippen LogP contribution in [0.15, 0.2) is 71.6 Å². The van der Waals surface area contributed by atoms with E-state index in [0.29, 0.717) is 37.3 Å². The van der Waals surface area contributed by atoms with Crippen LogP contribution in [0.1, 0.15) is 60.1 Å². The summed E-state index contributed by atoms with van der Waals surface area (Å²) in [5, 5.41) is 3.75. The van der Waals surface area contributed by atoms with Gasteiger partial charge in [-0.05, 0) is 92.5 Å². The van der Waals surface area contributed by atoms with E-state index in [0.717, 1.165) is 86.7 Å². The Morgan fingerprint density at radius 1 is 0.979 bits per heavy atom. The second kappa shape index (κ2) is 16.0. The summed E-state index contributed by atoms with van der Waals surface area (Å²) in [5.41, 5.74) is 2.37. The van der Waals surface area contributed by atoms with Gasteiger partial charge in [0.15, 0.2) is 5.44 Å². The normalized spacial score (nSPS) is 22.5. The fourth-order valence-corrected chi connectivity index (χ4v) is 8.84. The monoisotopic (exact) mass is 678 g/mol. The fraction of sp³-hybridized carbons (Fsp3) is 0.526. The molecular formula is C38H50N2O7S. The van der Waals surface area contributed by atoms with E-state index in [1.807, 2.05) is 49.4 Å². The van der Waals surface area contributed by atoms with Crippen molar-refractivity contribution in [2.75, 3.05) is 65.2 Å². The molecule has 3 heterocycles. The van der Waals surface area contributed by atoms with Crippen LogP contribution in [0.3, 0.4) is 0 Å². The maximum Gasteiger partial charge on any atom is 0.209 e. The Hall–Kier alpha value is -3.15. The Morgan fingerprint density at radius 2 is 1.75 bits per heavy atom. The van der Waals surface area contributed by atoms with Gasteiger partial charge in [-0.2, -0.15) is 0 Å². The molecule has 10 heteroatoms. The third-order valence-corrected chi connectivity index (χ3v) is 11.9. The minimum absolute atomic E-state index is 0.00998. The number of rotatable bonds is 13. The quantitative estimate of drug-likeness (QED) is 0.217. The molecule has 0 amide bonds. The predicted octanol–water partition coefficient (Wildman–Crippen LogP) is 6.06. The molecule has 9 nitrogen and oxygen atoms in total. The van der Waals surface area contributed by atoms with E-state index in [-0.39, 0.29) is 16.9 Å². The fourth-order valence-electron chi connectivity index (χ4n) is 7.29. The number of piperidine rings is 1. The molecule has 6 rings (SSSR count). The number of hydrogen-bond acceptors (Lipinski definition) is 9. The number of nitrogens with one attached hydrogen (secondary N) is 1. The molecule has 0 radical (unpaired) electrons. The zero-order chi connectivity index (χ0) is 33.5. The lowest BCUT2D eigenvalue weighted by molar-refractivity contribution is -0.0101. The molecule has 2 saturated heterocycles. The van der Waals surface area contributed by atoms with Crippen molar-refractivity contribution in [3.63, 3.8) is 0 Å². The molecule has 3 aliphatic rings. The number of sulfone groups is 1. The molecule has 0 bridgehead atoms. The Balaban J connectivity index is 1.34. The molecular weight excluding hydrogens is 628 g/mol. The highest BCUT2D eigenvalue weighted by atomic mass is 32.2. The summed E-state index contributed by atoms with van der Waals surface area (Å²) in [7, 11) is -0.582. The van der Waals surface area contributed by atoms with E-state index in [1.165, 1.54) is 0 Å². The number of anilines is 1. The van der Waals surface area contributed by atoms with Gasteiger partial charge < -0.3 is 33.9 Å². The van der Waals surface area contributed by atoms with Crippen molar-refractivity contribution in [3.05, 3.63) is 83.4 Å². The first kappa shape index (κ1) is 34.7. The Morgan fingerprint density at radius 3 is 2.48 bits per heavy atom. The van der Waals surface area contributed by atoms with Gasteiger partial charge >= 0.3 is 0 Å². The van der Waals surface area contributed by atoms with E-state index in [4.69, 9.17) is 23.7 Å². The van der Waals surface area contributed by atoms with Crippen LogP contribution in [0.2, 0.25) is 0 Å². The van der Waals surface area contributed by atoms with Crippen LogP contribution in [0.5, 0.6) is 11.5 Å². The van der Waals surface area contributed by atoms with Crippen molar-refractivity contribution in [2.45, 2.75) is 67.4 Å². The zero-order valence-corrected chi connectivity index (χ0v) is 29.3. The first-order valence-electron chi connectivity index (χ1n) is 17.3. The molecule has 48 heavy (non-hydrogen) atoms. The number of fused-ring (bicyclic) bond motifs is 1. The highest BCUT2D eigenvalue weighted by molar-refractivity contribution is 7.91. The Kier molecular flexibility index (Phi) is 11.6. The highest BCUT2D eigenvalue weighted by Crippen LogP contribution is 2.42. The predicted molar refractivity (Wildman–Crippen MR) is 187 cm³/mol. The summed E-state index contributed by atoms with van der Waals surface area (Å²) in [6, 6.07) is 21.2. The smallest absolute Gasteiger partial charge is 0.209 e. The van der Waals surface area contributed by atoms with Crippen LogP contribution in [0, 0.1) is 12.8 Å². The molecule has 3 aromatic rings. The van der Waals surface area contributed by atoms with E-state index < -0.39 is 15.3 Å². The van der Waals surface area contributed by atoms with Gasteiger partial charge in [0.25, 0.3) is 0 Å². The molecule has 1 unspecified atom stereocenters. The molecule has 0 saturated carbocycles. The third-order valence-electron chi connectivity index (χ3n) is 10.0. The van der Waals surface area contributed by atoms with Gasteiger partial charge in [0.05, 0.1) is 30.3 Å². The maximum absolute atomic E-state index is 14.6. The van der Waals surface area contributed by atoms with Crippen molar-refractivity contribution in [3.8, 4) is 11.5 Å². The number of methoxy groups -OCH3 is 2. The summed E-state index contributed by atoms with van der Waals surface area (Å²) in [6.07, 6.45) is 4.53. The summed E-state index contributed by atoms with van der Waals surface area (Å²) in [5.74, 6) is 2.14. The first-order chi connectivity index (χ1) is 23.4. The summed E-state index contributed by atoms with van der Waals surface area (Å²) < 4.78 is 58.5. The topological polar surface area (TPSA) is 95.6 Å². The second-order valence-corrected chi connectivity index (χ2v) is 15.3. The number of ether oxygens (including phenoxy) is 5. The molecule has 3 aromatic carbocycles. The molecule has 2 fully saturated rings. The van der Waals surface area contributed by atoms with Crippen LogP contribution in [0.4, 0.5) is 5.69 Å². The average molecular weight is 679 g/mol. The van der Waals surface area contributed by atoms with Gasteiger partial charge in [-0.25, -0.2) is 8.42 Å². The summed E-state index contributed by atoms with van der Waals surface area (Å²) >= 11 is 0. The second-order valence-electron chi connectivity index (χ2n) is 13.3. The zero-order valence-electron chi connectivity index (χ0n) is 28.4. The standard InChI is InChI=1S/C38H50N2O7S/c1-27-5-12-33(13-6-27)48(41,42)38(30-9-14-36-35(24-30)40(18-22-46-36)17-4-19-43-2)47-37-26-39-31(23-28-15-20-45-21-16-28)25-34(37)29-7-10-32(44-3)11-8-29/h5-14,24,28,31,34,37-39H,4,15-23,25-26H2,1-3H3/t31-,34-,37+,38?/m1/s1. The minimum atomic E-state index is -3.95. The van der Waals surface area contributed by atoms with Crippen LogP contribution in [0.25, 0.3) is 0 Å². The van der Waals surface area contributed by atoms with Crippen LogP contribution in [-0.2, 0) is 24.0 Å². The third kappa shape index (κ3) is 8.17. The maximum atomic E-state index is 14.6. The molecule has 0 aliphatic carbocycles. The van der Waals surface area contributed by atoms with E-state index in [2.05, 4.69) is 22.3 Å². The van der Waals surface area contributed by atoms with Gasteiger partial charge in [0.1, 0.15) is 18.1 Å². The van der Waals surface area contributed by atoms with Crippen LogP contribution in [-0.4, -0.2) is 80.8 Å². The number of hydrogen-bond donors (Lipinski definition) is 1. The molecule has 4 atom stereocenters. The van der Waals surface area contributed by atoms with Gasteiger partial charge in [-0.3, -0.25) is 0 Å². The lowest BCUT2D eigenvalue weighted by Crippen LogP contribution is -2.48. The minimum Gasteiger partial charge on any atom is -0.497 e. The Labute approximate surface area is 285 Å². The SMILES string of the molecule is COCCCN1CCOc2ccc(C(O[C@H]3CN[C@H](CC4CCOCC4)C[C@@H]3c3ccc(OC)cc3)S(=O)(=O)c3ccc(C)cc3)cc21. The van der Waals surface area contributed by atoms with E-state index in [9.17, 15) is 8.42 Å². The van der Waals surface area contributed by atoms with Gasteiger partial charge in [0, 0.05) is 52.0 Å². The van der Waals surface area contributed by atoms with Crippen molar-refractivity contribution in [2.24, 2.45) is 5.92 Å². The van der Waals surface area contributed by atoms with Gasteiger partial charge in [0.2, 0.25) is 9.84 Å². The molecule has 260 valence electrons. The first-order valence-corrected chi connectivity index (χ1v) is 18.8. The van der Waals surface area contributed by atoms with Gasteiger partial charge in [-0.1, -0.05) is 35.9 Å². The van der Waals surface area contributed by atoms with Crippen molar-refractivity contribution in [1.82, 2.24) is 5.32 Å². The van der Waals surface area contributed by atoms with Crippen molar-refractivity contribution in [1.29, 1.82) is 0 Å². The number of aryl methyl sites for hydroxylation is 1. The molecule has 3 aliphatic heterocycles. The van der Waals surface area contributed by atoms with E-state index in [1.54, 1.807) is 26.4 Å². The van der Waals surface area contributed by atoms with Crippen molar-refractivity contribution < 1.29 is 32.1 Å². The summed E-state index contributed by atoms with van der Waals surface area (Å²) in [4.78, 5) is 2.49. The highest BCUT2D eigenvalue weighted by Gasteiger charge is 2.40. The van der Waals surface area contributed by atoms with E-state index >= 15 is 0 Å². The number of benzene rings is 3. The van der Waals surface area contributed by atoms with Gasteiger partial charge in [-0.15, -0.1) is 0 Å². The molecule has 0 aromatic heterocycles. The van der Waals surface area contributed by atoms with Crippen molar-refractivity contribution >= 4 is 15.5 Å². The lowest BCUT2D eigenvalue weighted by atomic mass is 9.80. The Bertz CT molecular complexity index is 1580. The average Bonchev–Trinajstić information content (AvgIpc) is 3.11. The summed E-state index contributed by atoms with van der Waals surface area (Å²) in [6.45, 7) is 6.86. The molecule has 1 N–H and O–H groups in total. The van der Waals surface area contributed by atoms with Crippen LogP contribution >= 0.6 is 0 Å². The number of nitrogens with zero attached hydrogens (tertiary/aromatic N) is 1. The lowest BCUT2D eigenvalue weighted by Gasteiger charge is -2.40. The molecule has 0 spiro atoms. The van der Waals surface area contributed by atoms with Crippen LogP contribution < -0.4 is 19.7 Å². The largest absolute Gasteiger partial charge is 0.497 e.